The van der Waals surface area contributed by atoms with Gasteiger partial charge < -0.3 is 14.3 Å². The van der Waals surface area contributed by atoms with E-state index in [1.54, 1.807) is 19.1 Å². The van der Waals surface area contributed by atoms with Crippen LogP contribution in [-0.4, -0.2) is 33.7 Å². The molecule has 0 spiro atoms. The van der Waals surface area contributed by atoms with Crippen LogP contribution >= 0.6 is 0 Å². The minimum Gasteiger partial charge on any atom is -0.466 e. The van der Waals surface area contributed by atoms with Crippen LogP contribution in [0.25, 0.3) is 22.2 Å². The molecule has 1 aliphatic heterocycles. The summed E-state index contributed by atoms with van der Waals surface area (Å²) in [7, 11) is 0. The van der Waals surface area contributed by atoms with Crippen LogP contribution in [-0.2, 0) is 16.9 Å². The number of nitrogens with one attached hydrogen (secondary N) is 1. The number of carbonyl (C=O) groups is 3. The van der Waals surface area contributed by atoms with Crippen LogP contribution in [0.3, 0.4) is 0 Å². The molecule has 3 amide bonds. The molecule has 4 aromatic rings. The number of fused-ring (bicyclic) bond motifs is 1. The van der Waals surface area contributed by atoms with Crippen molar-refractivity contribution >= 4 is 28.6 Å². The number of urea groups is 1. The fourth-order valence-corrected chi connectivity index (χ4v) is 4.60. The molecule has 2 aromatic heterocycles. The molecule has 3 heterocycles. The number of hydrogen-bond donors (Lipinski definition) is 1. The van der Waals surface area contributed by atoms with Gasteiger partial charge >= 0.3 is 6.03 Å². The summed E-state index contributed by atoms with van der Waals surface area (Å²) in [5.41, 5.74) is 1.77. The van der Waals surface area contributed by atoms with Gasteiger partial charge in [-0.3, -0.25) is 14.5 Å². The number of amides is 3. The third kappa shape index (κ3) is 3.16. The molecule has 1 unspecified atom stereocenters. The maximum atomic E-state index is 13.7. The fraction of sp³-hybridized carbons (Fsp3) is 0.192. The molecule has 166 valence electrons. The summed E-state index contributed by atoms with van der Waals surface area (Å²) in [5, 5.41) is 3.47. The summed E-state index contributed by atoms with van der Waals surface area (Å²) in [6.45, 7) is 3.91. The number of rotatable bonds is 6. The van der Waals surface area contributed by atoms with E-state index in [0.29, 0.717) is 17.9 Å². The van der Waals surface area contributed by atoms with Gasteiger partial charge in [0, 0.05) is 17.4 Å². The predicted molar refractivity (Wildman–Crippen MR) is 124 cm³/mol. The van der Waals surface area contributed by atoms with Crippen molar-refractivity contribution in [3.05, 3.63) is 84.3 Å². The van der Waals surface area contributed by atoms with Gasteiger partial charge in [-0.05, 0) is 37.6 Å². The summed E-state index contributed by atoms with van der Waals surface area (Å²) in [4.78, 5) is 40.6. The molecule has 5 rings (SSSR count). The van der Waals surface area contributed by atoms with Gasteiger partial charge in [-0.1, -0.05) is 48.5 Å². The third-order valence-electron chi connectivity index (χ3n) is 6.20. The average Bonchev–Trinajstić information content (AvgIpc) is 3.53. The van der Waals surface area contributed by atoms with Crippen molar-refractivity contribution in [3.8, 4) is 11.3 Å². The second-order valence-electron chi connectivity index (χ2n) is 8.20. The van der Waals surface area contributed by atoms with Crippen LogP contribution in [0.1, 0.15) is 30.0 Å². The summed E-state index contributed by atoms with van der Waals surface area (Å²) in [6, 6.07) is 20.0. The first-order chi connectivity index (χ1) is 16.0. The first-order valence-corrected chi connectivity index (χ1v) is 10.8. The minimum atomic E-state index is -1.35. The zero-order valence-electron chi connectivity index (χ0n) is 18.4. The average molecular weight is 441 g/mol. The van der Waals surface area contributed by atoms with Gasteiger partial charge in [-0.2, -0.15) is 0 Å². The molecule has 1 saturated heterocycles. The van der Waals surface area contributed by atoms with Crippen molar-refractivity contribution in [1.29, 1.82) is 0 Å². The van der Waals surface area contributed by atoms with E-state index in [1.807, 2.05) is 61.5 Å². The van der Waals surface area contributed by atoms with E-state index in [9.17, 15) is 14.4 Å². The highest BCUT2D eigenvalue weighted by Gasteiger charge is 2.51. The lowest BCUT2D eigenvalue weighted by Crippen LogP contribution is -2.41. The Morgan fingerprint density at radius 3 is 2.42 bits per heavy atom. The lowest BCUT2D eigenvalue weighted by atomic mass is 9.98. The molecular weight excluding hydrogens is 418 g/mol. The topological polar surface area (TPSA) is 84.6 Å². The van der Waals surface area contributed by atoms with Gasteiger partial charge in [0.05, 0.1) is 24.1 Å². The van der Waals surface area contributed by atoms with Gasteiger partial charge in [0.15, 0.2) is 11.3 Å². The van der Waals surface area contributed by atoms with Crippen molar-refractivity contribution in [1.82, 2.24) is 14.8 Å². The Morgan fingerprint density at radius 1 is 1.00 bits per heavy atom. The first kappa shape index (κ1) is 20.8. The molecule has 1 atom stereocenters. The number of para-hydroxylation sites is 1. The highest BCUT2D eigenvalue weighted by molar-refractivity contribution is 6.17. The Hall–Kier alpha value is -4.13. The number of imide groups is 1. The first-order valence-electron chi connectivity index (χ1n) is 10.8. The standard InChI is InChI=1S/C26H23N3O4/c1-3-28-19-13-8-7-12-18(19)22(23(28)17-10-5-4-6-11-17)20(30)16-29-24(31)26(2,27-25(29)32)21-14-9-15-33-21/h4-15H,3,16H2,1-2H3,(H,27,32). The predicted octanol–water partition coefficient (Wildman–Crippen LogP) is 4.57. The number of ketones is 1. The lowest BCUT2D eigenvalue weighted by Gasteiger charge is -2.19. The van der Waals surface area contributed by atoms with Crippen molar-refractivity contribution in [3.63, 3.8) is 0 Å². The smallest absolute Gasteiger partial charge is 0.325 e. The molecule has 0 saturated carbocycles. The van der Waals surface area contributed by atoms with Crippen molar-refractivity contribution in [2.75, 3.05) is 6.54 Å². The number of carbonyl (C=O) groups excluding carboxylic acids is 3. The number of aryl methyl sites for hydroxylation is 1. The van der Waals surface area contributed by atoms with Crippen LogP contribution in [0.15, 0.2) is 77.4 Å². The zero-order valence-corrected chi connectivity index (χ0v) is 18.4. The number of furan rings is 1. The van der Waals surface area contributed by atoms with E-state index in [2.05, 4.69) is 9.88 Å². The Balaban J connectivity index is 1.59. The molecule has 33 heavy (non-hydrogen) atoms. The molecule has 1 fully saturated rings. The summed E-state index contributed by atoms with van der Waals surface area (Å²) in [6.07, 6.45) is 1.44. The molecule has 0 radical (unpaired) electrons. The number of aromatic nitrogens is 1. The second kappa shape index (κ2) is 7.78. The molecule has 1 aliphatic rings. The fourth-order valence-electron chi connectivity index (χ4n) is 4.60. The Bertz CT molecular complexity index is 1370. The van der Waals surface area contributed by atoms with Crippen LogP contribution in [0.4, 0.5) is 4.79 Å². The van der Waals surface area contributed by atoms with Crippen molar-refractivity contribution < 1.29 is 18.8 Å². The maximum absolute atomic E-state index is 13.7. The van der Waals surface area contributed by atoms with Crippen LogP contribution in [0.5, 0.6) is 0 Å². The lowest BCUT2D eigenvalue weighted by molar-refractivity contribution is -0.131. The largest absolute Gasteiger partial charge is 0.466 e. The summed E-state index contributed by atoms with van der Waals surface area (Å²) in [5.74, 6) is -0.496. The normalized spacial score (nSPS) is 18.2. The van der Waals surface area contributed by atoms with Crippen molar-refractivity contribution in [2.24, 2.45) is 0 Å². The molecule has 7 heteroatoms. The SMILES string of the molecule is CCn1c(-c2ccccc2)c(C(=O)CN2C(=O)NC(C)(c3ccco3)C2=O)c2ccccc21. The van der Waals surface area contributed by atoms with Gasteiger partial charge in [-0.25, -0.2) is 4.79 Å². The van der Waals surface area contributed by atoms with E-state index in [-0.39, 0.29) is 12.3 Å². The van der Waals surface area contributed by atoms with E-state index in [4.69, 9.17) is 4.42 Å². The number of benzene rings is 2. The van der Waals surface area contributed by atoms with Gasteiger partial charge in [0.1, 0.15) is 5.76 Å². The number of nitrogens with zero attached hydrogens (tertiary/aromatic N) is 2. The Kier molecular flexibility index (Phi) is 4.89. The van der Waals surface area contributed by atoms with Crippen LogP contribution < -0.4 is 5.32 Å². The summed E-state index contributed by atoms with van der Waals surface area (Å²) < 4.78 is 7.47. The van der Waals surface area contributed by atoms with E-state index >= 15 is 0 Å². The van der Waals surface area contributed by atoms with E-state index < -0.39 is 17.5 Å². The summed E-state index contributed by atoms with van der Waals surface area (Å²) >= 11 is 0. The van der Waals surface area contributed by atoms with Gasteiger partial charge in [0.25, 0.3) is 5.91 Å². The van der Waals surface area contributed by atoms with Gasteiger partial charge in [-0.15, -0.1) is 0 Å². The minimum absolute atomic E-state index is 0.301. The monoisotopic (exact) mass is 441 g/mol. The molecular formula is C26H23N3O4. The molecule has 0 aliphatic carbocycles. The molecule has 1 N–H and O–H groups in total. The van der Waals surface area contributed by atoms with Gasteiger partial charge in [0.2, 0.25) is 0 Å². The molecule has 2 aromatic carbocycles. The third-order valence-corrected chi connectivity index (χ3v) is 6.20. The Labute approximate surface area is 190 Å². The zero-order chi connectivity index (χ0) is 23.2. The molecule has 7 nitrogen and oxygen atoms in total. The van der Waals surface area contributed by atoms with Crippen LogP contribution in [0.2, 0.25) is 0 Å². The van der Waals surface area contributed by atoms with Crippen molar-refractivity contribution in [2.45, 2.75) is 25.9 Å². The highest BCUT2D eigenvalue weighted by atomic mass is 16.3. The quantitative estimate of drug-likeness (QED) is 0.351. The molecule has 0 bridgehead atoms. The maximum Gasteiger partial charge on any atom is 0.325 e. The second-order valence-corrected chi connectivity index (χ2v) is 8.20. The van der Waals surface area contributed by atoms with E-state index in [0.717, 1.165) is 27.1 Å². The van der Waals surface area contributed by atoms with E-state index in [1.165, 1.54) is 6.26 Å². The number of Topliss-reactive ketones (excluding diaryl/α,β-unsaturated/α-hetero) is 1. The number of hydrogen-bond acceptors (Lipinski definition) is 4. The Morgan fingerprint density at radius 2 is 1.73 bits per heavy atom. The van der Waals surface area contributed by atoms with Crippen LogP contribution in [0, 0.1) is 0 Å². The highest BCUT2D eigenvalue weighted by Crippen LogP contribution is 2.35.